The van der Waals surface area contributed by atoms with Crippen LogP contribution >= 0.6 is 27.7 Å². The molecule has 88 valence electrons. The number of nitrogens with zero attached hydrogens (tertiary/aromatic N) is 1. The number of nitrogens with one attached hydrogen (secondary N) is 1. The first-order valence-electron chi connectivity index (χ1n) is 5.10. The minimum atomic E-state index is -0.124. The molecule has 3 nitrogen and oxygen atoms in total. The Morgan fingerprint density at radius 1 is 1.35 bits per heavy atom. The number of aryl methyl sites for hydroxylation is 1. The summed E-state index contributed by atoms with van der Waals surface area (Å²) in [5.41, 5.74) is 0.596. The van der Waals surface area contributed by atoms with Crippen molar-refractivity contribution in [2.45, 2.75) is 17.6 Å². The van der Waals surface area contributed by atoms with Gasteiger partial charge >= 0.3 is 0 Å². The Bertz CT molecular complexity index is 568. The fourth-order valence-electron chi connectivity index (χ4n) is 1.37. The minimum Gasteiger partial charge on any atom is -0.309 e. The second kappa shape index (κ2) is 5.51. The van der Waals surface area contributed by atoms with Crippen LogP contribution in [0.4, 0.5) is 0 Å². The van der Waals surface area contributed by atoms with E-state index in [0.717, 1.165) is 10.6 Å². The van der Waals surface area contributed by atoms with E-state index in [0.29, 0.717) is 16.0 Å². The molecule has 17 heavy (non-hydrogen) atoms. The maximum absolute atomic E-state index is 11.5. The van der Waals surface area contributed by atoms with Gasteiger partial charge in [0.15, 0.2) is 0 Å². The van der Waals surface area contributed by atoms with Gasteiger partial charge in [0.25, 0.3) is 5.56 Å². The molecule has 2 aromatic rings. The van der Waals surface area contributed by atoms with Crippen molar-refractivity contribution in [3.05, 3.63) is 56.7 Å². The zero-order chi connectivity index (χ0) is 12.3. The van der Waals surface area contributed by atoms with Crippen LogP contribution in [-0.4, -0.2) is 9.97 Å². The maximum Gasteiger partial charge on any atom is 0.265 e. The lowest BCUT2D eigenvalue weighted by Gasteiger charge is -2.03. The predicted octanol–water partition coefficient (Wildman–Crippen LogP) is 3.13. The number of hydrogen-bond donors (Lipinski definition) is 1. The van der Waals surface area contributed by atoms with Gasteiger partial charge in [-0.1, -0.05) is 18.2 Å². The van der Waals surface area contributed by atoms with Gasteiger partial charge in [0.2, 0.25) is 0 Å². The summed E-state index contributed by atoms with van der Waals surface area (Å²) in [5.74, 6) is 1.36. The van der Waals surface area contributed by atoms with E-state index in [1.54, 1.807) is 11.8 Å². The Balaban J connectivity index is 2.13. The standard InChI is InChI=1S/C12H11BrN2OS/c1-8-11(13)12(16)15-10(14-8)7-17-9-5-3-2-4-6-9/h2-6H,7H2,1H3,(H,14,15,16). The van der Waals surface area contributed by atoms with E-state index in [1.807, 2.05) is 37.3 Å². The highest BCUT2D eigenvalue weighted by Crippen LogP contribution is 2.20. The van der Waals surface area contributed by atoms with Gasteiger partial charge in [-0.3, -0.25) is 4.79 Å². The van der Waals surface area contributed by atoms with Gasteiger partial charge in [0, 0.05) is 4.90 Å². The number of H-pyrrole nitrogens is 1. The summed E-state index contributed by atoms with van der Waals surface area (Å²) in [5, 5.41) is 0. The summed E-state index contributed by atoms with van der Waals surface area (Å²) in [6.45, 7) is 1.82. The summed E-state index contributed by atoms with van der Waals surface area (Å²) in [6, 6.07) is 10.0. The molecule has 0 aliphatic heterocycles. The van der Waals surface area contributed by atoms with Gasteiger partial charge in [-0.2, -0.15) is 0 Å². The van der Waals surface area contributed by atoms with Gasteiger partial charge in [-0.25, -0.2) is 4.98 Å². The molecule has 0 saturated carbocycles. The number of thioether (sulfide) groups is 1. The van der Waals surface area contributed by atoms with Crippen LogP contribution in [-0.2, 0) is 5.75 Å². The lowest BCUT2D eigenvalue weighted by molar-refractivity contribution is 0.954. The van der Waals surface area contributed by atoms with Gasteiger partial charge in [0.1, 0.15) is 10.3 Å². The molecule has 0 aliphatic carbocycles. The number of benzene rings is 1. The molecule has 0 spiro atoms. The van der Waals surface area contributed by atoms with E-state index >= 15 is 0 Å². The average Bonchev–Trinajstić information content (AvgIpc) is 2.34. The zero-order valence-corrected chi connectivity index (χ0v) is 11.6. The van der Waals surface area contributed by atoms with Gasteiger partial charge in [0.05, 0.1) is 11.4 Å². The molecule has 5 heteroatoms. The predicted molar refractivity (Wildman–Crippen MR) is 73.3 cm³/mol. The smallest absolute Gasteiger partial charge is 0.265 e. The van der Waals surface area contributed by atoms with Crippen LogP contribution in [0.5, 0.6) is 0 Å². The largest absolute Gasteiger partial charge is 0.309 e. The van der Waals surface area contributed by atoms with Crippen LogP contribution in [0, 0.1) is 6.92 Å². The first-order chi connectivity index (χ1) is 8.16. The number of hydrogen-bond acceptors (Lipinski definition) is 3. The van der Waals surface area contributed by atoms with Crippen molar-refractivity contribution in [3.63, 3.8) is 0 Å². The fourth-order valence-corrected chi connectivity index (χ4v) is 2.34. The third kappa shape index (κ3) is 3.20. The monoisotopic (exact) mass is 310 g/mol. The third-order valence-corrected chi connectivity index (χ3v) is 4.15. The summed E-state index contributed by atoms with van der Waals surface area (Å²) in [6.07, 6.45) is 0. The van der Waals surface area contributed by atoms with E-state index in [-0.39, 0.29) is 5.56 Å². The molecule has 0 unspecified atom stereocenters. The molecule has 1 heterocycles. The Morgan fingerprint density at radius 2 is 2.06 bits per heavy atom. The highest BCUT2D eigenvalue weighted by Gasteiger charge is 2.05. The van der Waals surface area contributed by atoms with E-state index in [2.05, 4.69) is 25.9 Å². The minimum absolute atomic E-state index is 0.124. The molecule has 0 atom stereocenters. The van der Waals surface area contributed by atoms with Gasteiger partial charge in [-0.15, -0.1) is 11.8 Å². The highest BCUT2D eigenvalue weighted by molar-refractivity contribution is 9.10. The SMILES string of the molecule is Cc1nc(CSc2ccccc2)[nH]c(=O)c1Br. The van der Waals surface area contributed by atoms with Crippen molar-refractivity contribution in [2.24, 2.45) is 0 Å². The molecular formula is C12H11BrN2OS. The summed E-state index contributed by atoms with van der Waals surface area (Å²) in [7, 11) is 0. The summed E-state index contributed by atoms with van der Waals surface area (Å²) >= 11 is 4.85. The Hall–Kier alpha value is -1.07. The first kappa shape index (κ1) is 12.4. The normalized spacial score (nSPS) is 10.5. The molecule has 1 aromatic carbocycles. The van der Waals surface area contributed by atoms with Crippen LogP contribution in [0.15, 0.2) is 44.5 Å². The van der Waals surface area contributed by atoms with E-state index in [9.17, 15) is 4.79 Å². The van der Waals surface area contributed by atoms with Crippen molar-refractivity contribution >= 4 is 27.7 Å². The lowest BCUT2D eigenvalue weighted by Crippen LogP contribution is -2.13. The van der Waals surface area contributed by atoms with Crippen molar-refractivity contribution in [2.75, 3.05) is 0 Å². The first-order valence-corrected chi connectivity index (χ1v) is 6.88. The van der Waals surface area contributed by atoms with Crippen LogP contribution in [0.1, 0.15) is 11.5 Å². The number of rotatable bonds is 3. The van der Waals surface area contributed by atoms with Crippen molar-refractivity contribution in [3.8, 4) is 0 Å². The van der Waals surface area contributed by atoms with Gasteiger partial charge in [-0.05, 0) is 35.0 Å². The quantitative estimate of drug-likeness (QED) is 0.886. The van der Waals surface area contributed by atoms with E-state index in [4.69, 9.17) is 0 Å². The molecule has 2 rings (SSSR count). The van der Waals surface area contributed by atoms with Crippen molar-refractivity contribution < 1.29 is 0 Å². The molecule has 0 aliphatic rings. The molecule has 0 amide bonds. The van der Waals surface area contributed by atoms with Crippen LogP contribution < -0.4 is 5.56 Å². The molecular weight excluding hydrogens is 300 g/mol. The van der Waals surface area contributed by atoms with Crippen LogP contribution in [0.2, 0.25) is 0 Å². The summed E-state index contributed by atoms with van der Waals surface area (Å²) < 4.78 is 0.506. The Morgan fingerprint density at radius 3 is 2.71 bits per heavy atom. The van der Waals surface area contributed by atoms with E-state index in [1.165, 1.54) is 0 Å². The average molecular weight is 311 g/mol. The topological polar surface area (TPSA) is 45.8 Å². The third-order valence-electron chi connectivity index (χ3n) is 2.20. The molecule has 0 radical (unpaired) electrons. The summed E-state index contributed by atoms with van der Waals surface area (Å²) in [4.78, 5) is 19.8. The maximum atomic E-state index is 11.5. The fraction of sp³-hybridized carbons (Fsp3) is 0.167. The second-order valence-electron chi connectivity index (χ2n) is 3.51. The molecule has 1 N–H and O–H groups in total. The van der Waals surface area contributed by atoms with E-state index < -0.39 is 0 Å². The second-order valence-corrected chi connectivity index (χ2v) is 5.36. The number of aromatic nitrogens is 2. The Kier molecular flexibility index (Phi) is 4.02. The van der Waals surface area contributed by atoms with Crippen LogP contribution in [0.25, 0.3) is 0 Å². The Labute approximate surface area is 112 Å². The molecule has 0 saturated heterocycles. The molecule has 0 fully saturated rings. The number of aromatic amines is 1. The van der Waals surface area contributed by atoms with Crippen molar-refractivity contribution in [1.29, 1.82) is 0 Å². The number of halogens is 1. The molecule has 1 aromatic heterocycles. The van der Waals surface area contributed by atoms with Gasteiger partial charge < -0.3 is 4.98 Å². The highest BCUT2D eigenvalue weighted by atomic mass is 79.9. The van der Waals surface area contributed by atoms with Crippen molar-refractivity contribution in [1.82, 2.24) is 9.97 Å². The lowest BCUT2D eigenvalue weighted by atomic mass is 10.4. The zero-order valence-electron chi connectivity index (χ0n) is 9.24. The van der Waals surface area contributed by atoms with Crippen LogP contribution in [0.3, 0.4) is 0 Å². The molecule has 0 bridgehead atoms.